The number of nitrogens with one attached hydrogen (secondary N) is 1. The Kier molecular flexibility index (Phi) is 4.29. The molecule has 6 nitrogen and oxygen atoms in total. The van der Waals surface area contributed by atoms with Crippen molar-refractivity contribution in [3.05, 3.63) is 23.8 Å². The van der Waals surface area contributed by atoms with Crippen LogP contribution >= 0.6 is 0 Å². The molecule has 0 unspecified atom stereocenters. The summed E-state index contributed by atoms with van der Waals surface area (Å²) in [5.41, 5.74) is -0.280. The molecule has 1 aromatic carbocycles. The van der Waals surface area contributed by atoms with Gasteiger partial charge in [0.15, 0.2) is 11.5 Å². The highest BCUT2D eigenvalue weighted by atomic mass is 16.6. The van der Waals surface area contributed by atoms with Crippen molar-refractivity contribution in [3.8, 4) is 11.5 Å². The Morgan fingerprint density at radius 2 is 1.69 bits per heavy atom. The van der Waals surface area contributed by atoms with Gasteiger partial charge >= 0.3 is 5.97 Å². The molecule has 0 aromatic heterocycles. The number of aliphatic carboxylic acids is 1. The van der Waals surface area contributed by atoms with Gasteiger partial charge in [0.1, 0.15) is 13.2 Å². The molecule has 6 heteroatoms. The summed E-state index contributed by atoms with van der Waals surface area (Å²) in [5, 5.41) is 12.7. The van der Waals surface area contributed by atoms with Crippen LogP contribution in [0.1, 0.15) is 56.9 Å². The maximum atomic E-state index is 12.7. The van der Waals surface area contributed by atoms with Gasteiger partial charge in [-0.05, 0) is 43.4 Å². The third-order valence-electron chi connectivity index (χ3n) is 6.19. The fourth-order valence-corrected chi connectivity index (χ4v) is 4.49. The van der Waals surface area contributed by atoms with Gasteiger partial charge in [-0.1, -0.05) is 25.3 Å². The number of carbonyl (C=O) groups excluding carboxylic acids is 1. The highest BCUT2D eigenvalue weighted by molar-refractivity contribution is 5.86. The molecular formula is C20H25NO5. The van der Waals surface area contributed by atoms with E-state index in [1.807, 2.05) is 18.2 Å². The predicted molar refractivity (Wildman–Crippen MR) is 94.3 cm³/mol. The number of carboxylic acids is 1. The van der Waals surface area contributed by atoms with Gasteiger partial charge in [0.25, 0.3) is 0 Å². The van der Waals surface area contributed by atoms with E-state index in [0.29, 0.717) is 26.1 Å². The number of fused-ring (bicyclic) bond motifs is 1. The highest BCUT2D eigenvalue weighted by Gasteiger charge is 2.47. The van der Waals surface area contributed by atoms with Gasteiger partial charge in [-0.25, -0.2) is 0 Å². The van der Waals surface area contributed by atoms with Crippen LogP contribution in [0.25, 0.3) is 0 Å². The Balaban J connectivity index is 1.55. The summed E-state index contributed by atoms with van der Waals surface area (Å²) in [6, 6.07) is 5.87. The molecule has 2 N–H and O–H groups in total. The van der Waals surface area contributed by atoms with Crippen LogP contribution in [-0.4, -0.2) is 30.2 Å². The normalized spacial score (nSPS) is 22.3. The first-order chi connectivity index (χ1) is 12.5. The van der Waals surface area contributed by atoms with E-state index < -0.39 is 16.9 Å². The summed E-state index contributed by atoms with van der Waals surface area (Å²) < 4.78 is 11.3. The number of benzene rings is 1. The average molecular weight is 359 g/mol. The summed E-state index contributed by atoms with van der Waals surface area (Å²) >= 11 is 0. The lowest BCUT2D eigenvalue weighted by molar-refractivity contribution is -0.158. The van der Waals surface area contributed by atoms with Gasteiger partial charge in [-0.15, -0.1) is 0 Å². The predicted octanol–water partition coefficient (Wildman–Crippen LogP) is 2.99. The van der Waals surface area contributed by atoms with Crippen LogP contribution in [0.3, 0.4) is 0 Å². The van der Waals surface area contributed by atoms with Crippen molar-refractivity contribution in [2.75, 3.05) is 13.2 Å². The maximum Gasteiger partial charge on any atom is 0.310 e. The van der Waals surface area contributed by atoms with E-state index in [2.05, 4.69) is 5.32 Å². The largest absolute Gasteiger partial charge is 0.486 e. The molecule has 140 valence electrons. The van der Waals surface area contributed by atoms with E-state index >= 15 is 0 Å². The van der Waals surface area contributed by atoms with E-state index in [1.165, 1.54) is 0 Å². The van der Waals surface area contributed by atoms with E-state index in [0.717, 1.165) is 49.2 Å². The van der Waals surface area contributed by atoms with Gasteiger partial charge in [0, 0.05) is 6.42 Å². The summed E-state index contributed by atoms with van der Waals surface area (Å²) in [7, 11) is 0. The molecular weight excluding hydrogens is 334 g/mol. The highest BCUT2D eigenvalue weighted by Crippen LogP contribution is 2.46. The van der Waals surface area contributed by atoms with Crippen LogP contribution in [0.4, 0.5) is 0 Å². The molecule has 0 bridgehead atoms. The molecule has 1 aromatic rings. The number of hydrogen-bond acceptors (Lipinski definition) is 4. The minimum Gasteiger partial charge on any atom is -0.486 e. The van der Waals surface area contributed by atoms with Crippen molar-refractivity contribution in [3.63, 3.8) is 0 Å². The molecule has 2 saturated carbocycles. The standard InChI is InChI=1S/C20H25NO5/c22-17(13-19(18(23)24)6-3-7-19)21-20(8-1-2-9-20)14-4-5-15-16(12-14)26-11-10-25-15/h4-5,12H,1-3,6-11,13H2,(H,21,22)(H,23,24). The molecule has 1 amide bonds. The van der Waals surface area contributed by atoms with Crippen LogP contribution < -0.4 is 14.8 Å². The van der Waals surface area contributed by atoms with Gasteiger partial charge in [-0.3, -0.25) is 9.59 Å². The molecule has 0 saturated heterocycles. The molecule has 2 aliphatic carbocycles. The van der Waals surface area contributed by atoms with E-state index in [9.17, 15) is 14.7 Å². The van der Waals surface area contributed by atoms with Crippen molar-refractivity contribution in [2.24, 2.45) is 5.41 Å². The first-order valence-corrected chi connectivity index (χ1v) is 9.48. The van der Waals surface area contributed by atoms with Gasteiger partial charge < -0.3 is 19.9 Å². The number of ether oxygens (including phenoxy) is 2. The molecule has 0 radical (unpaired) electrons. The maximum absolute atomic E-state index is 12.7. The van der Waals surface area contributed by atoms with Gasteiger partial charge in [0.2, 0.25) is 5.91 Å². The van der Waals surface area contributed by atoms with Crippen molar-refractivity contribution in [2.45, 2.75) is 56.9 Å². The topological polar surface area (TPSA) is 84.9 Å². The summed E-state index contributed by atoms with van der Waals surface area (Å²) in [6.07, 6.45) is 5.93. The van der Waals surface area contributed by atoms with E-state index in [-0.39, 0.29) is 12.3 Å². The first kappa shape index (κ1) is 17.2. The van der Waals surface area contributed by atoms with Crippen LogP contribution in [0, 0.1) is 5.41 Å². The smallest absolute Gasteiger partial charge is 0.310 e. The van der Waals surface area contributed by atoms with Crippen LogP contribution in [0.2, 0.25) is 0 Å². The number of carboxylic acid groups (broad SMARTS) is 1. The van der Waals surface area contributed by atoms with Gasteiger partial charge in [0.05, 0.1) is 11.0 Å². The van der Waals surface area contributed by atoms with E-state index in [1.54, 1.807) is 0 Å². The fraction of sp³-hybridized carbons (Fsp3) is 0.600. The fourth-order valence-electron chi connectivity index (χ4n) is 4.49. The quantitative estimate of drug-likeness (QED) is 0.844. The second kappa shape index (κ2) is 6.49. The second-order valence-corrected chi connectivity index (χ2v) is 7.81. The molecule has 4 rings (SSSR count). The lowest BCUT2D eigenvalue weighted by Gasteiger charge is -2.39. The zero-order valence-corrected chi connectivity index (χ0v) is 14.9. The zero-order chi connectivity index (χ0) is 18.2. The molecule has 2 fully saturated rings. The van der Waals surface area contributed by atoms with Crippen molar-refractivity contribution >= 4 is 11.9 Å². The molecule has 1 heterocycles. The third kappa shape index (κ3) is 2.91. The monoisotopic (exact) mass is 359 g/mol. The number of carbonyl (C=O) groups is 2. The lowest BCUT2D eigenvalue weighted by Crippen LogP contribution is -2.48. The summed E-state index contributed by atoms with van der Waals surface area (Å²) in [4.78, 5) is 24.3. The second-order valence-electron chi connectivity index (χ2n) is 7.81. The number of amides is 1. The van der Waals surface area contributed by atoms with Crippen molar-refractivity contribution in [1.82, 2.24) is 5.32 Å². The Morgan fingerprint density at radius 1 is 1.00 bits per heavy atom. The molecule has 3 aliphatic rings. The van der Waals surface area contributed by atoms with Gasteiger partial charge in [-0.2, -0.15) is 0 Å². The minimum absolute atomic E-state index is 0.0641. The minimum atomic E-state index is -0.864. The number of rotatable bonds is 5. The molecule has 0 atom stereocenters. The van der Waals surface area contributed by atoms with Crippen LogP contribution in [0.5, 0.6) is 11.5 Å². The molecule has 26 heavy (non-hydrogen) atoms. The summed E-state index contributed by atoms with van der Waals surface area (Å²) in [6.45, 7) is 1.07. The SMILES string of the molecule is O=C(CC1(C(=O)O)CCC1)NC1(c2ccc3c(c2)OCCO3)CCCC1. The summed E-state index contributed by atoms with van der Waals surface area (Å²) in [5.74, 6) is 0.441. The third-order valence-corrected chi connectivity index (χ3v) is 6.19. The zero-order valence-electron chi connectivity index (χ0n) is 14.9. The Morgan fingerprint density at radius 3 is 2.31 bits per heavy atom. The first-order valence-electron chi connectivity index (χ1n) is 9.48. The lowest BCUT2D eigenvalue weighted by atomic mass is 9.66. The average Bonchev–Trinajstić information content (AvgIpc) is 3.07. The van der Waals surface area contributed by atoms with Crippen molar-refractivity contribution < 1.29 is 24.2 Å². The Bertz CT molecular complexity index is 719. The number of hydrogen-bond donors (Lipinski definition) is 2. The van der Waals surface area contributed by atoms with Crippen molar-refractivity contribution in [1.29, 1.82) is 0 Å². The molecule has 1 aliphatic heterocycles. The molecule has 0 spiro atoms. The Hall–Kier alpha value is -2.24. The van der Waals surface area contributed by atoms with Crippen LogP contribution in [-0.2, 0) is 15.1 Å². The van der Waals surface area contributed by atoms with Crippen LogP contribution in [0.15, 0.2) is 18.2 Å². The van der Waals surface area contributed by atoms with E-state index in [4.69, 9.17) is 9.47 Å². The Labute approximate surface area is 152 Å².